The number of rotatable bonds is 4. The second kappa shape index (κ2) is 7.61. The van der Waals surface area contributed by atoms with Crippen molar-refractivity contribution in [2.24, 2.45) is 11.3 Å². The van der Waals surface area contributed by atoms with E-state index in [2.05, 4.69) is 16.7 Å². The molecule has 132 valence electrons. The lowest BCUT2D eigenvalue weighted by molar-refractivity contribution is -0.125. The molecule has 1 aromatic rings. The molecule has 0 unspecified atom stereocenters. The topological polar surface area (TPSA) is 130 Å². The minimum atomic E-state index is -0.977. The third-order valence-corrected chi connectivity index (χ3v) is 5.96. The number of hydrogen-bond donors (Lipinski definition) is 2. The van der Waals surface area contributed by atoms with E-state index in [4.69, 9.17) is 5.26 Å². The van der Waals surface area contributed by atoms with Crippen LogP contribution in [0.15, 0.2) is 22.0 Å². The Morgan fingerprint density at radius 2 is 2.08 bits per heavy atom. The van der Waals surface area contributed by atoms with Crippen LogP contribution < -0.4 is 10.6 Å². The fourth-order valence-electron chi connectivity index (χ4n) is 2.45. The third-order valence-electron chi connectivity index (χ3n) is 4.02. The molecule has 1 aromatic heterocycles. The summed E-state index contributed by atoms with van der Waals surface area (Å²) in [4.78, 5) is 24.6. The van der Waals surface area contributed by atoms with Gasteiger partial charge >= 0.3 is 0 Å². The highest BCUT2D eigenvalue weighted by molar-refractivity contribution is 8.04. The van der Waals surface area contributed by atoms with Gasteiger partial charge in [-0.25, -0.2) is 0 Å². The summed E-state index contributed by atoms with van der Waals surface area (Å²) < 4.78 is 0. The molecule has 2 atom stereocenters. The van der Waals surface area contributed by atoms with Crippen LogP contribution >= 0.6 is 23.1 Å². The predicted molar refractivity (Wildman–Crippen MR) is 98.4 cm³/mol. The van der Waals surface area contributed by atoms with Crippen LogP contribution in [0.5, 0.6) is 0 Å². The van der Waals surface area contributed by atoms with Gasteiger partial charge in [0.1, 0.15) is 17.0 Å². The van der Waals surface area contributed by atoms with Crippen molar-refractivity contribution in [3.8, 4) is 18.2 Å². The van der Waals surface area contributed by atoms with Crippen LogP contribution in [-0.2, 0) is 9.59 Å². The van der Waals surface area contributed by atoms with Crippen LogP contribution in [0.3, 0.4) is 0 Å². The molecule has 0 fully saturated rings. The zero-order valence-electron chi connectivity index (χ0n) is 14.3. The first-order valence-corrected chi connectivity index (χ1v) is 9.32. The highest BCUT2D eigenvalue weighted by Gasteiger charge is 2.45. The van der Waals surface area contributed by atoms with Gasteiger partial charge in [0, 0.05) is 5.41 Å². The number of carbonyl (C=O) groups is 2. The van der Waals surface area contributed by atoms with E-state index in [-0.39, 0.29) is 16.5 Å². The van der Waals surface area contributed by atoms with Crippen molar-refractivity contribution in [2.75, 3.05) is 5.32 Å². The van der Waals surface area contributed by atoms with E-state index in [9.17, 15) is 20.1 Å². The molecule has 0 aliphatic carbocycles. The van der Waals surface area contributed by atoms with Gasteiger partial charge < -0.3 is 10.6 Å². The van der Waals surface area contributed by atoms with Crippen LogP contribution in [0.1, 0.15) is 26.3 Å². The lowest BCUT2D eigenvalue weighted by Gasteiger charge is -2.35. The van der Waals surface area contributed by atoms with Gasteiger partial charge in [-0.15, -0.1) is 11.3 Å². The van der Waals surface area contributed by atoms with Crippen LogP contribution in [0, 0.1) is 45.3 Å². The van der Waals surface area contributed by atoms with Crippen molar-refractivity contribution in [2.45, 2.75) is 26.0 Å². The number of nitrogens with zero attached hydrogens (tertiary/aromatic N) is 3. The fraction of sp³-hybridized carbons (Fsp3) is 0.353. The minimum Gasteiger partial charge on any atom is -0.319 e. The maximum absolute atomic E-state index is 12.4. The number of thioether (sulfide) groups is 1. The zero-order valence-corrected chi connectivity index (χ0v) is 15.9. The SMILES string of the molecule is C[C@H](SC1=C(C#N)C(C)(C)[C@H](C#N)C(=O)N1)C(=O)Nc1sccc1C#N. The Morgan fingerprint density at radius 1 is 1.38 bits per heavy atom. The summed E-state index contributed by atoms with van der Waals surface area (Å²) in [5.74, 6) is -1.82. The standard InChI is InChI=1S/C17H15N5O2S2/c1-9(13(23)21-15-10(6-18)4-5-25-15)26-16-12(8-20)17(2,3)11(7-19)14(24)22-16/h4-5,9,11H,1-3H3,(H,21,23)(H,22,24)/t9-,11+/m0/s1. The number of anilines is 1. The third kappa shape index (κ3) is 3.57. The maximum Gasteiger partial charge on any atom is 0.243 e. The Bertz CT molecular complexity index is 911. The summed E-state index contributed by atoms with van der Waals surface area (Å²) in [6.45, 7) is 4.96. The Kier molecular flexibility index (Phi) is 5.72. The Hall–Kier alpha value is -2.80. The van der Waals surface area contributed by atoms with Crippen molar-refractivity contribution >= 4 is 39.9 Å². The molecule has 26 heavy (non-hydrogen) atoms. The molecule has 1 aliphatic heterocycles. The summed E-state index contributed by atoms with van der Waals surface area (Å²) in [5, 5.41) is 34.8. The molecule has 0 saturated carbocycles. The van der Waals surface area contributed by atoms with Gasteiger partial charge in [-0.2, -0.15) is 15.8 Å². The first-order chi connectivity index (χ1) is 12.3. The molecule has 0 spiro atoms. The summed E-state index contributed by atoms with van der Waals surface area (Å²) in [6.07, 6.45) is 0. The Balaban J connectivity index is 2.23. The van der Waals surface area contributed by atoms with Gasteiger partial charge in [-0.1, -0.05) is 25.6 Å². The first-order valence-electron chi connectivity index (χ1n) is 7.56. The first kappa shape index (κ1) is 19.5. The molecule has 0 radical (unpaired) electrons. The highest BCUT2D eigenvalue weighted by atomic mass is 32.2. The largest absolute Gasteiger partial charge is 0.319 e. The molecular formula is C17H15N5O2S2. The van der Waals surface area contributed by atoms with E-state index in [1.165, 1.54) is 11.3 Å². The molecule has 0 aromatic carbocycles. The average Bonchev–Trinajstić information content (AvgIpc) is 3.01. The van der Waals surface area contributed by atoms with Gasteiger partial charge in [0.2, 0.25) is 11.8 Å². The smallest absolute Gasteiger partial charge is 0.243 e. The predicted octanol–water partition coefficient (Wildman–Crippen LogP) is 2.71. The molecule has 9 heteroatoms. The molecule has 2 N–H and O–H groups in total. The molecular weight excluding hydrogens is 370 g/mol. The Morgan fingerprint density at radius 3 is 2.65 bits per heavy atom. The van der Waals surface area contributed by atoms with Gasteiger partial charge in [0.25, 0.3) is 0 Å². The van der Waals surface area contributed by atoms with Gasteiger partial charge in [0.05, 0.1) is 33.6 Å². The van der Waals surface area contributed by atoms with Crippen LogP contribution in [0.2, 0.25) is 0 Å². The highest BCUT2D eigenvalue weighted by Crippen LogP contribution is 2.42. The maximum atomic E-state index is 12.4. The summed E-state index contributed by atoms with van der Waals surface area (Å²) in [6, 6.07) is 7.60. The Labute approximate surface area is 159 Å². The quantitative estimate of drug-likeness (QED) is 0.819. The van der Waals surface area contributed by atoms with E-state index >= 15 is 0 Å². The molecule has 0 saturated heterocycles. The van der Waals surface area contributed by atoms with Crippen molar-refractivity contribution in [3.63, 3.8) is 0 Å². The van der Waals surface area contributed by atoms with Crippen LogP contribution in [0.25, 0.3) is 0 Å². The number of thiophene rings is 1. The fourth-order valence-corrected chi connectivity index (χ4v) is 4.30. The van der Waals surface area contributed by atoms with E-state index in [1.54, 1.807) is 32.2 Å². The molecule has 2 heterocycles. The van der Waals surface area contributed by atoms with Gasteiger partial charge in [0.15, 0.2) is 0 Å². The van der Waals surface area contributed by atoms with Gasteiger partial charge in [-0.3, -0.25) is 9.59 Å². The number of amides is 2. The molecule has 0 bridgehead atoms. The van der Waals surface area contributed by atoms with Crippen LogP contribution in [0.4, 0.5) is 5.00 Å². The average molecular weight is 385 g/mol. The zero-order chi connectivity index (χ0) is 19.5. The molecule has 2 rings (SSSR count). The molecule has 7 nitrogen and oxygen atoms in total. The number of carbonyl (C=O) groups excluding carboxylic acids is 2. The van der Waals surface area contributed by atoms with E-state index in [0.29, 0.717) is 10.6 Å². The van der Waals surface area contributed by atoms with E-state index in [0.717, 1.165) is 11.8 Å². The molecule has 2 amide bonds. The van der Waals surface area contributed by atoms with Gasteiger partial charge in [-0.05, 0) is 18.4 Å². The number of nitrogens with one attached hydrogen (secondary N) is 2. The van der Waals surface area contributed by atoms with E-state index in [1.807, 2.05) is 12.1 Å². The number of hydrogen-bond acceptors (Lipinski definition) is 7. The summed E-state index contributed by atoms with van der Waals surface area (Å²) in [5.41, 5.74) is -0.310. The number of allylic oxidation sites excluding steroid dienone is 1. The minimum absolute atomic E-state index is 0.266. The molecule has 1 aliphatic rings. The van der Waals surface area contributed by atoms with Crippen molar-refractivity contribution in [1.29, 1.82) is 15.8 Å². The summed E-state index contributed by atoms with van der Waals surface area (Å²) in [7, 11) is 0. The summed E-state index contributed by atoms with van der Waals surface area (Å²) >= 11 is 2.28. The monoisotopic (exact) mass is 385 g/mol. The van der Waals surface area contributed by atoms with Crippen molar-refractivity contribution < 1.29 is 9.59 Å². The lowest BCUT2D eigenvalue weighted by atomic mass is 9.72. The van der Waals surface area contributed by atoms with Crippen LogP contribution in [-0.4, -0.2) is 17.1 Å². The number of nitriles is 3. The second-order valence-electron chi connectivity index (χ2n) is 6.11. The second-order valence-corrected chi connectivity index (χ2v) is 8.38. The van der Waals surface area contributed by atoms with E-state index < -0.39 is 22.5 Å². The van der Waals surface area contributed by atoms with Crippen molar-refractivity contribution in [1.82, 2.24) is 5.32 Å². The normalized spacial score (nSPS) is 19.5. The van der Waals surface area contributed by atoms with Crippen molar-refractivity contribution in [3.05, 3.63) is 27.6 Å². The lowest BCUT2D eigenvalue weighted by Crippen LogP contribution is -2.45.